The van der Waals surface area contributed by atoms with Gasteiger partial charge in [0.15, 0.2) is 0 Å². The summed E-state index contributed by atoms with van der Waals surface area (Å²) in [5.74, 6) is 0.662. The molecule has 9 heteroatoms. The van der Waals surface area contributed by atoms with Crippen LogP contribution in [0.2, 0.25) is 0 Å². The monoisotopic (exact) mass is 393 g/mol. The molecule has 2 atom stereocenters. The van der Waals surface area contributed by atoms with Gasteiger partial charge in [0.1, 0.15) is 6.26 Å². The molecule has 7 nitrogen and oxygen atoms in total. The van der Waals surface area contributed by atoms with Gasteiger partial charge < -0.3 is 15.1 Å². The minimum Gasteiger partial charge on any atom is -0.443 e. The van der Waals surface area contributed by atoms with E-state index in [9.17, 15) is 4.79 Å². The Labute approximate surface area is 161 Å². The van der Waals surface area contributed by atoms with Gasteiger partial charge in [-0.3, -0.25) is 9.48 Å². The Balaban J connectivity index is 0.00000196. The number of aromatic nitrogens is 3. The van der Waals surface area contributed by atoms with E-state index in [2.05, 4.69) is 20.7 Å². The second-order valence-electron chi connectivity index (χ2n) is 6.16. The first-order valence-electron chi connectivity index (χ1n) is 8.16. The first kappa shape index (κ1) is 18.6. The number of hydrogen-bond donors (Lipinski definition) is 2. The van der Waals surface area contributed by atoms with Crippen LogP contribution in [0.5, 0.6) is 0 Å². The highest BCUT2D eigenvalue weighted by atomic mass is 35.5. The predicted molar refractivity (Wildman–Crippen MR) is 101 cm³/mol. The maximum atomic E-state index is 12.6. The number of nitrogens with one attached hydrogen (secondary N) is 2. The van der Waals surface area contributed by atoms with Crippen molar-refractivity contribution in [1.29, 1.82) is 0 Å². The summed E-state index contributed by atoms with van der Waals surface area (Å²) < 4.78 is 7.25. The Morgan fingerprint density at radius 1 is 1.50 bits per heavy atom. The molecule has 4 heterocycles. The summed E-state index contributed by atoms with van der Waals surface area (Å²) in [6.07, 6.45) is 5.41. The Hall–Kier alpha value is -2.16. The van der Waals surface area contributed by atoms with E-state index < -0.39 is 0 Å². The minimum atomic E-state index is -0.104. The lowest BCUT2D eigenvalue weighted by molar-refractivity contribution is -0.125. The molecule has 0 saturated carbocycles. The number of rotatable bonds is 5. The molecule has 1 aliphatic heterocycles. The smallest absolute Gasteiger partial charge is 0.236 e. The number of halogens is 1. The Kier molecular flexibility index (Phi) is 5.75. The van der Waals surface area contributed by atoms with E-state index in [1.165, 1.54) is 0 Å². The molecule has 0 radical (unpaired) electrons. The number of nitrogens with zero attached hydrogens (tertiary/aromatic N) is 3. The molecule has 2 N–H and O–H groups in total. The van der Waals surface area contributed by atoms with Gasteiger partial charge in [0.2, 0.25) is 11.8 Å². The number of hydrogen-bond acceptors (Lipinski definition) is 6. The van der Waals surface area contributed by atoms with Crippen LogP contribution in [0.4, 0.5) is 0 Å². The van der Waals surface area contributed by atoms with E-state index in [-0.39, 0.29) is 30.2 Å². The van der Waals surface area contributed by atoms with Crippen LogP contribution in [0.25, 0.3) is 10.8 Å². The molecule has 0 spiro atoms. The summed E-state index contributed by atoms with van der Waals surface area (Å²) in [5.41, 5.74) is 1.81. The highest BCUT2D eigenvalue weighted by molar-refractivity contribution is 7.13. The van der Waals surface area contributed by atoms with E-state index >= 15 is 0 Å². The largest absolute Gasteiger partial charge is 0.443 e. The van der Waals surface area contributed by atoms with E-state index in [0.29, 0.717) is 19.0 Å². The van der Waals surface area contributed by atoms with Crippen molar-refractivity contribution in [2.24, 2.45) is 13.0 Å². The van der Waals surface area contributed by atoms with Crippen LogP contribution in [0, 0.1) is 5.92 Å². The molecule has 3 aromatic heterocycles. The van der Waals surface area contributed by atoms with Crippen molar-refractivity contribution in [3.8, 4) is 10.8 Å². The standard InChI is InChI=1S/C17H19N5O2S.ClH/c1-22-9-11(5-20-22)13-7-18-8-14(13)16(23)19-6-12-10-24-17(21-12)15-3-2-4-25-15;/h2-5,9-10,13-14,18H,6-8H2,1H3,(H,19,23);1H/t13-,14+;/m1./s1. The van der Waals surface area contributed by atoms with Gasteiger partial charge in [-0.25, -0.2) is 4.98 Å². The molecule has 0 bridgehead atoms. The van der Waals surface area contributed by atoms with Crippen molar-refractivity contribution in [3.05, 3.63) is 47.4 Å². The van der Waals surface area contributed by atoms with Crippen molar-refractivity contribution in [2.75, 3.05) is 13.1 Å². The first-order chi connectivity index (χ1) is 12.2. The fourth-order valence-electron chi connectivity index (χ4n) is 3.15. The molecule has 1 fully saturated rings. The molecular weight excluding hydrogens is 374 g/mol. The van der Waals surface area contributed by atoms with E-state index in [1.54, 1.807) is 22.3 Å². The fourth-order valence-corrected chi connectivity index (χ4v) is 3.80. The molecule has 4 rings (SSSR count). The van der Waals surface area contributed by atoms with Crippen LogP contribution in [0.15, 0.2) is 40.6 Å². The maximum absolute atomic E-state index is 12.6. The normalized spacial score (nSPS) is 19.3. The second kappa shape index (κ2) is 8.03. The van der Waals surface area contributed by atoms with Crippen molar-refractivity contribution in [2.45, 2.75) is 12.5 Å². The molecule has 0 aromatic carbocycles. The van der Waals surface area contributed by atoms with Gasteiger partial charge in [0, 0.05) is 32.3 Å². The zero-order valence-electron chi connectivity index (χ0n) is 14.2. The molecule has 0 unspecified atom stereocenters. The van der Waals surface area contributed by atoms with Gasteiger partial charge in [0.25, 0.3) is 0 Å². The van der Waals surface area contributed by atoms with Gasteiger partial charge in [0.05, 0.1) is 29.2 Å². The van der Waals surface area contributed by atoms with E-state index in [0.717, 1.165) is 22.7 Å². The zero-order valence-corrected chi connectivity index (χ0v) is 15.8. The molecule has 1 saturated heterocycles. The number of thiophene rings is 1. The van der Waals surface area contributed by atoms with Crippen molar-refractivity contribution >= 4 is 29.7 Å². The summed E-state index contributed by atoms with van der Waals surface area (Å²) in [5, 5.41) is 12.5. The van der Waals surface area contributed by atoms with Gasteiger partial charge in [-0.1, -0.05) is 6.07 Å². The SMILES string of the molecule is Cl.Cn1cc([C@H]2CNC[C@@H]2C(=O)NCc2coc(-c3cccs3)n2)cn1. The summed E-state index contributed by atoms with van der Waals surface area (Å²) in [4.78, 5) is 18.0. The quantitative estimate of drug-likeness (QED) is 0.694. The number of aryl methyl sites for hydroxylation is 1. The first-order valence-corrected chi connectivity index (χ1v) is 9.04. The van der Waals surface area contributed by atoms with Crippen molar-refractivity contribution < 1.29 is 9.21 Å². The Morgan fingerprint density at radius 2 is 2.38 bits per heavy atom. The third kappa shape index (κ3) is 3.82. The Bertz CT molecular complexity index is 860. The summed E-state index contributed by atoms with van der Waals surface area (Å²) in [7, 11) is 1.89. The van der Waals surface area contributed by atoms with Crippen LogP contribution >= 0.6 is 23.7 Å². The van der Waals surface area contributed by atoms with Crippen LogP contribution in [0.1, 0.15) is 17.2 Å². The lowest BCUT2D eigenvalue weighted by atomic mass is 9.90. The van der Waals surface area contributed by atoms with E-state index in [1.807, 2.05) is 37.0 Å². The minimum absolute atomic E-state index is 0. The molecule has 1 aliphatic rings. The van der Waals surface area contributed by atoms with Gasteiger partial charge in [-0.05, 0) is 17.0 Å². The van der Waals surface area contributed by atoms with Crippen LogP contribution in [-0.2, 0) is 18.4 Å². The van der Waals surface area contributed by atoms with Crippen LogP contribution in [-0.4, -0.2) is 33.8 Å². The molecule has 138 valence electrons. The third-order valence-corrected chi connectivity index (χ3v) is 5.29. The topological polar surface area (TPSA) is 85.0 Å². The molecular formula is C17H20ClN5O2S. The van der Waals surface area contributed by atoms with Crippen molar-refractivity contribution in [3.63, 3.8) is 0 Å². The highest BCUT2D eigenvalue weighted by Gasteiger charge is 2.34. The summed E-state index contributed by atoms with van der Waals surface area (Å²) in [6, 6.07) is 3.92. The average molecular weight is 394 g/mol. The molecule has 26 heavy (non-hydrogen) atoms. The number of amides is 1. The fraction of sp³-hybridized carbons (Fsp3) is 0.353. The number of oxazole rings is 1. The van der Waals surface area contributed by atoms with Gasteiger partial charge in [-0.15, -0.1) is 23.7 Å². The molecule has 3 aromatic rings. The predicted octanol–water partition coefficient (Wildman–Crippen LogP) is 2.18. The summed E-state index contributed by atoms with van der Waals surface area (Å²) >= 11 is 1.57. The number of carbonyl (C=O) groups excluding carboxylic acids is 1. The zero-order chi connectivity index (χ0) is 17.2. The highest BCUT2D eigenvalue weighted by Crippen LogP contribution is 2.28. The Morgan fingerprint density at radius 3 is 3.12 bits per heavy atom. The average Bonchev–Trinajstić information content (AvgIpc) is 3.38. The van der Waals surface area contributed by atoms with Gasteiger partial charge in [-0.2, -0.15) is 5.10 Å². The molecule has 0 aliphatic carbocycles. The lowest BCUT2D eigenvalue weighted by Crippen LogP contribution is -2.34. The molecule has 1 amide bonds. The van der Waals surface area contributed by atoms with E-state index in [4.69, 9.17) is 4.42 Å². The lowest BCUT2D eigenvalue weighted by Gasteiger charge is -2.16. The van der Waals surface area contributed by atoms with Crippen molar-refractivity contribution in [1.82, 2.24) is 25.4 Å². The van der Waals surface area contributed by atoms with Crippen LogP contribution < -0.4 is 10.6 Å². The summed E-state index contributed by atoms with van der Waals surface area (Å²) in [6.45, 7) is 1.82. The van der Waals surface area contributed by atoms with Gasteiger partial charge >= 0.3 is 0 Å². The number of carbonyl (C=O) groups is 1. The maximum Gasteiger partial charge on any atom is 0.236 e. The van der Waals surface area contributed by atoms with Crippen LogP contribution in [0.3, 0.4) is 0 Å². The second-order valence-corrected chi connectivity index (χ2v) is 7.11. The third-order valence-electron chi connectivity index (χ3n) is 4.43.